The van der Waals surface area contributed by atoms with Crippen LogP contribution >= 0.6 is 0 Å². The number of carbonyl (C=O) groups excluding carboxylic acids is 3. The Bertz CT molecular complexity index is 973. The van der Waals surface area contributed by atoms with Gasteiger partial charge in [-0.05, 0) is 58.7 Å². The molecule has 0 aromatic heterocycles. The van der Waals surface area contributed by atoms with Crippen molar-refractivity contribution >= 4 is 23.6 Å². The van der Waals surface area contributed by atoms with Crippen molar-refractivity contribution in [1.29, 1.82) is 0 Å². The molecule has 0 bridgehead atoms. The molecule has 36 heavy (non-hydrogen) atoms. The Morgan fingerprint density at radius 1 is 1.03 bits per heavy atom. The predicted molar refractivity (Wildman–Crippen MR) is 131 cm³/mol. The van der Waals surface area contributed by atoms with Crippen LogP contribution < -0.4 is 21.3 Å². The first kappa shape index (κ1) is 29.0. The minimum absolute atomic E-state index is 0.192. The molecule has 1 fully saturated rings. The van der Waals surface area contributed by atoms with Crippen molar-refractivity contribution in [2.75, 3.05) is 18.4 Å². The number of ether oxygens (including phenoxy) is 1. The van der Waals surface area contributed by atoms with Crippen molar-refractivity contribution in [2.45, 2.75) is 77.2 Å². The molecule has 4 N–H and O–H groups in total. The van der Waals surface area contributed by atoms with Crippen molar-refractivity contribution in [3.63, 3.8) is 0 Å². The molecule has 0 aliphatic heterocycles. The molecular formula is C25H35F3N4O4. The minimum atomic E-state index is -4.63. The second kappa shape index (κ2) is 12.1. The lowest BCUT2D eigenvalue weighted by Crippen LogP contribution is -2.55. The zero-order valence-corrected chi connectivity index (χ0v) is 21.1. The molecule has 2 atom stereocenters. The number of carbonyl (C=O) groups is 3. The number of alkyl carbamates (subject to hydrolysis) is 1. The van der Waals surface area contributed by atoms with E-state index in [0.717, 1.165) is 30.5 Å². The maximum atomic E-state index is 13.2. The van der Waals surface area contributed by atoms with Crippen molar-refractivity contribution < 1.29 is 32.3 Å². The number of benzene rings is 1. The van der Waals surface area contributed by atoms with E-state index in [4.69, 9.17) is 4.74 Å². The van der Waals surface area contributed by atoms with Crippen LogP contribution in [0.15, 0.2) is 30.4 Å². The first-order valence-electron chi connectivity index (χ1n) is 11.8. The van der Waals surface area contributed by atoms with Crippen LogP contribution in [0.4, 0.5) is 23.7 Å². The smallest absolute Gasteiger partial charge is 0.416 e. The van der Waals surface area contributed by atoms with Crippen molar-refractivity contribution in [1.82, 2.24) is 16.0 Å². The highest BCUT2D eigenvalue weighted by atomic mass is 19.4. The summed E-state index contributed by atoms with van der Waals surface area (Å²) in [6.45, 7) is 10.5. The average molecular weight is 513 g/mol. The summed E-state index contributed by atoms with van der Waals surface area (Å²) in [5.41, 5.74) is -0.957. The van der Waals surface area contributed by atoms with E-state index >= 15 is 0 Å². The SMILES string of the molecule is C=C(C)CNc1ccc(C(F)(F)F)cc1C(=O)NCC(=O)NC1CCCCC1NC(=O)OC(C)(C)C. The van der Waals surface area contributed by atoms with Crippen LogP contribution in [0.2, 0.25) is 0 Å². The summed E-state index contributed by atoms with van der Waals surface area (Å²) < 4.78 is 44.9. The van der Waals surface area contributed by atoms with Gasteiger partial charge in [-0.2, -0.15) is 13.2 Å². The lowest BCUT2D eigenvalue weighted by atomic mass is 9.90. The van der Waals surface area contributed by atoms with E-state index in [2.05, 4.69) is 27.8 Å². The van der Waals surface area contributed by atoms with E-state index in [1.165, 1.54) is 6.07 Å². The highest BCUT2D eigenvalue weighted by Crippen LogP contribution is 2.32. The topological polar surface area (TPSA) is 109 Å². The van der Waals surface area contributed by atoms with Gasteiger partial charge in [-0.15, -0.1) is 0 Å². The molecule has 0 heterocycles. The molecule has 200 valence electrons. The molecule has 8 nitrogen and oxygen atoms in total. The summed E-state index contributed by atoms with van der Waals surface area (Å²) in [7, 11) is 0. The molecule has 11 heteroatoms. The zero-order chi connectivity index (χ0) is 27.1. The molecule has 2 rings (SSSR count). The quantitative estimate of drug-likeness (QED) is 0.387. The Morgan fingerprint density at radius 2 is 1.64 bits per heavy atom. The van der Waals surface area contributed by atoms with Crippen LogP contribution in [0.25, 0.3) is 0 Å². The summed E-state index contributed by atoms with van der Waals surface area (Å²) >= 11 is 0. The third-order valence-electron chi connectivity index (χ3n) is 5.40. The van der Waals surface area contributed by atoms with E-state index < -0.39 is 41.8 Å². The first-order chi connectivity index (χ1) is 16.7. The Kier molecular flexibility index (Phi) is 9.77. The number of rotatable bonds is 8. The molecule has 0 saturated heterocycles. The van der Waals surface area contributed by atoms with Gasteiger partial charge in [0.2, 0.25) is 5.91 Å². The van der Waals surface area contributed by atoms with Gasteiger partial charge in [-0.25, -0.2) is 4.79 Å². The number of anilines is 1. The maximum Gasteiger partial charge on any atom is 0.416 e. The van der Waals surface area contributed by atoms with E-state index in [0.29, 0.717) is 12.8 Å². The molecule has 0 radical (unpaired) electrons. The number of halogens is 3. The van der Waals surface area contributed by atoms with Crippen LogP contribution in [0.5, 0.6) is 0 Å². The number of hydrogen-bond acceptors (Lipinski definition) is 5. The number of nitrogens with one attached hydrogen (secondary N) is 4. The third kappa shape index (κ3) is 9.43. The van der Waals surface area contributed by atoms with Crippen LogP contribution in [-0.2, 0) is 15.7 Å². The fourth-order valence-electron chi connectivity index (χ4n) is 3.76. The largest absolute Gasteiger partial charge is 0.444 e. The van der Waals surface area contributed by atoms with Crippen LogP contribution in [0, 0.1) is 0 Å². The normalized spacial score (nSPS) is 18.1. The second-order valence-corrected chi connectivity index (χ2v) is 9.96. The predicted octanol–water partition coefficient (Wildman–Crippen LogP) is 4.38. The molecule has 1 aliphatic carbocycles. The first-order valence-corrected chi connectivity index (χ1v) is 11.8. The van der Waals surface area contributed by atoms with E-state index in [1.807, 2.05) is 0 Å². The summed E-state index contributed by atoms with van der Waals surface area (Å²) in [4.78, 5) is 37.5. The molecule has 2 unspecified atom stereocenters. The van der Waals surface area contributed by atoms with Gasteiger partial charge in [0.15, 0.2) is 0 Å². The van der Waals surface area contributed by atoms with Crippen molar-refractivity contribution in [3.8, 4) is 0 Å². The molecule has 1 saturated carbocycles. The number of alkyl halides is 3. The second-order valence-electron chi connectivity index (χ2n) is 9.96. The summed E-state index contributed by atoms with van der Waals surface area (Å²) in [5.74, 6) is -1.35. The van der Waals surface area contributed by atoms with E-state index in [-0.39, 0.29) is 29.9 Å². The van der Waals surface area contributed by atoms with Crippen LogP contribution in [0.3, 0.4) is 0 Å². The van der Waals surface area contributed by atoms with Crippen LogP contribution in [-0.4, -0.2) is 48.7 Å². The van der Waals surface area contributed by atoms with Gasteiger partial charge < -0.3 is 26.0 Å². The number of hydrogen-bond donors (Lipinski definition) is 4. The lowest BCUT2D eigenvalue weighted by Gasteiger charge is -2.33. The highest BCUT2D eigenvalue weighted by molar-refractivity contribution is 6.01. The highest BCUT2D eigenvalue weighted by Gasteiger charge is 2.32. The molecule has 1 aliphatic rings. The fraction of sp³-hybridized carbons (Fsp3) is 0.560. The van der Waals surface area contributed by atoms with E-state index in [9.17, 15) is 27.6 Å². The Morgan fingerprint density at radius 3 is 2.19 bits per heavy atom. The standard InChI is InChI=1S/C25H35F3N4O4/c1-15(2)13-29-18-11-10-16(25(26,27)28)12-17(18)22(34)30-14-21(33)31-19-8-6-7-9-20(19)32-23(35)36-24(3,4)5/h10-12,19-20,29H,1,6-9,13-14H2,2-5H3,(H,30,34)(H,31,33)(H,32,35). The Labute approximate surface area is 209 Å². The fourth-order valence-corrected chi connectivity index (χ4v) is 3.76. The van der Waals surface area contributed by atoms with E-state index in [1.54, 1.807) is 27.7 Å². The van der Waals surface area contributed by atoms with Gasteiger partial charge in [0, 0.05) is 18.3 Å². The maximum absolute atomic E-state index is 13.2. The van der Waals surface area contributed by atoms with Gasteiger partial charge in [-0.1, -0.05) is 25.0 Å². The molecular weight excluding hydrogens is 477 g/mol. The Balaban J connectivity index is 2.03. The lowest BCUT2D eigenvalue weighted by molar-refractivity contribution is -0.137. The minimum Gasteiger partial charge on any atom is -0.444 e. The molecule has 1 aromatic rings. The molecule has 0 spiro atoms. The molecule has 3 amide bonds. The van der Waals surface area contributed by atoms with Gasteiger partial charge in [0.25, 0.3) is 5.91 Å². The van der Waals surface area contributed by atoms with Crippen molar-refractivity contribution in [2.24, 2.45) is 0 Å². The summed E-state index contributed by atoms with van der Waals surface area (Å²) in [5, 5.41) is 10.9. The van der Waals surface area contributed by atoms with Crippen molar-refractivity contribution in [3.05, 3.63) is 41.5 Å². The van der Waals surface area contributed by atoms with Gasteiger partial charge >= 0.3 is 12.3 Å². The van der Waals surface area contributed by atoms with Crippen LogP contribution in [0.1, 0.15) is 69.3 Å². The number of amides is 3. The molecule has 1 aromatic carbocycles. The zero-order valence-electron chi connectivity index (χ0n) is 21.1. The Hall–Kier alpha value is -3.24. The van der Waals surface area contributed by atoms with Gasteiger partial charge in [0.1, 0.15) is 5.60 Å². The average Bonchev–Trinajstić information content (AvgIpc) is 2.75. The van der Waals surface area contributed by atoms with Gasteiger partial charge in [0.05, 0.1) is 23.7 Å². The van der Waals surface area contributed by atoms with Gasteiger partial charge in [-0.3, -0.25) is 9.59 Å². The summed E-state index contributed by atoms with van der Waals surface area (Å²) in [6, 6.07) is 2.10. The monoisotopic (exact) mass is 512 g/mol. The summed E-state index contributed by atoms with van der Waals surface area (Å²) in [6.07, 6.45) is -2.20. The third-order valence-corrected chi connectivity index (χ3v) is 5.40.